The number of fused-ring (bicyclic) bond motifs is 2. The van der Waals surface area contributed by atoms with Crippen molar-refractivity contribution in [1.82, 2.24) is 14.9 Å². The number of nitrogens with zero attached hydrogens (tertiary/aromatic N) is 2. The highest BCUT2D eigenvalue weighted by Gasteiger charge is 2.34. The lowest BCUT2D eigenvalue weighted by atomic mass is 10.00. The molecule has 26 heavy (non-hydrogen) atoms. The van der Waals surface area contributed by atoms with Gasteiger partial charge in [-0.2, -0.15) is 4.31 Å². The maximum Gasteiger partial charge on any atom is 0.270 e. The third-order valence-electron chi connectivity index (χ3n) is 4.94. The topological polar surface area (TPSA) is 122 Å². The van der Waals surface area contributed by atoms with Crippen LogP contribution in [0.4, 0.5) is 5.69 Å². The van der Waals surface area contributed by atoms with Gasteiger partial charge in [0.2, 0.25) is 15.9 Å². The molecule has 2 bridgehead atoms. The second kappa shape index (κ2) is 7.29. The van der Waals surface area contributed by atoms with Gasteiger partial charge in [-0.25, -0.2) is 8.42 Å². The molecule has 0 aromatic heterocycles. The summed E-state index contributed by atoms with van der Waals surface area (Å²) >= 11 is 0. The van der Waals surface area contributed by atoms with Crippen molar-refractivity contribution in [3.63, 3.8) is 0 Å². The lowest BCUT2D eigenvalue weighted by Crippen LogP contribution is -2.50. The molecule has 2 atom stereocenters. The third kappa shape index (κ3) is 4.02. The number of benzene rings is 1. The molecule has 142 valence electrons. The van der Waals surface area contributed by atoms with E-state index in [-0.39, 0.29) is 29.1 Å². The first-order chi connectivity index (χ1) is 12.3. The van der Waals surface area contributed by atoms with E-state index in [1.54, 1.807) is 0 Å². The average Bonchev–Trinajstić information content (AvgIpc) is 2.93. The van der Waals surface area contributed by atoms with Gasteiger partial charge < -0.3 is 10.6 Å². The van der Waals surface area contributed by atoms with Gasteiger partial charge in [0, 0.05) is 37.3 Å². The molecule has 1 amide bonds. The van der Waals surface area contributed by atoms with Crippen LogP contribution in [-0.4, -0.2) is 55.3 Å². The van der Waals surface area contributed by atoms with Gasteiger partial charge in [0.1, 0.15) is 0 Å². The van der Waals surface area contributed by atoms with E-state index in [1.807, 2.05) is 0 Å². The van der Waals surface area contributed by atoms with Gasteiger partial charge in [0.05, 0.1) is 16.4 Å². The number of likely N-dealkylation sites (N-methyl/N-ethyl adjacent to an activating group) is 1. The minimum Gasteiger partial charge on any atom is -0.352 e. The van der Waals surface area contributed by atoms with Crippen LogP contribution in [0.2, 0.25) is 0 Å². The largest absolute Gasteiger partial charge is 0.352 e. The average molecular weight is 382 g/mol. The Kier molecular flexibility index (Phi) is 5.26. The number of hydrogen-bond acceptors (Lipinski definition) is 6. The van der Waals surface area contributed by atoms with Crippen molar-refractivity contribution < 1.29 is 18.1 Å². The Morgan fingerprint density at radius 3 is 2.62 bits per heavy atom. The Balaban J connectivity index is 1.62. The molecular weight excluding hydrogens is 360 g/mol. The zero-order valence-electron chi connectivity index (χ0n) is 14.4. The van der Waals surface area contributed by atoms with Crippen molar-refractivity contribution in [3.8, 4) is 0 Å². The van der Waals surface area contributed by atoms with E-state index in [1.165, 1.54) is 25.2 Å². The molecule has 2 fully saturated rings. The van der Waals surface area contributed by atoms with Gasteiger partial charge >= 0.3 is 0 Å². The zero-order valence-corrected chi connectivity index (χ0v) is 15.2. The van der Waals surface area contributed by atoms with E-state index >= 15 is 0 Å². The van der Waals surface area contributed by atoms with E-state index in [0.717, 1.165) is 36.1 Å². The van der Waals surface area contributed by atoms with Crippen LogP contribution in [0.3, 0.4) is 0 Å². The number of carbonyl (C=O) groups excluding carboxylic acids is 1. The number of rotatable bonds is 6. The molecule has 2 aliphatic heterocycles. The Morgan fingerprint density at radius 1 is 1.35 bits per heavy atom. The first kappa shape index (κ1) is 18.7. The number of nitro benzene ring substituents is 1. The third-order valence-corrected chi connectivity index (χ3v) is 6.74. The standard InChI is InChI=1S/C16H22N4O5S/c1-19(26(24,25)15-4-2-3-14(9-15)20(22)23)10-16(21)18-13-7-11-5-6-12(8-13)17-11/h2-4,9,11-13,17H,5-8,10H2,1H3,(H,18,21). The van der Waals surface area contributed by atoms with Crippen molar-refractivity contribution in [2.24, 2.45) is 0 Å². The maximum absolute atomic E-state index is 12.6. The molecule has 1 aromatic carbocycles. The summed E-state index contributed by atoms with van der Waals surface area (Å²) in [6.45, 7) is -0.329. The fourth-order valence-corrected chi connectivity index (χ4v) is 4.84. The molecule has 0 aliphatic carbocycles. The number of amides is 1. The van der Waals surface area contributed by atoms with Gasteiger partial charge in [-0.15, -0.1) is 0 Å². The molecule has 2 heterocycles. The number of nitrogens with one attached hydrogen (secondary N) is 2. The number of piperidine rings is 1. The van der Waals surface area contributed by atoms with E-state index in [2.05, 4.69) is 10.6 Å². The van der Waals surface area contributed by atoms with Crippen LogP contribution < -0.4 is 10.6 Å². The van der Waals surface area contributed by atoms with Crippen LogP contribution >= 0.6 is 0 Å². The second-order valence-electron chi connectivity index (χ2n) is 6.89. The summed E-state index contributed by atoms with van der Waals surface area (Å²) < 4.78 is 26.0. The summed E-state index contributed by atoms with van der Waals surface area (Å²) in [6.07, 6.45) is 3.92. The minimum absolute atomic E-state index is 0.0511. The normalized spacial score (nSPS) is 25.2. The summed E-state index contributed by atoms with van der Waals surface area (Å²) in [5.74, 6) is -0.368. The predicted molar refractivity (Wildman–Crippen MR) is 94.0 cm³/mol. The molecule has 9 nitrogen and oxygen atoms in total. The van der Waals surface area contributed by atoms with Gasteiger partial charge in [-0.05, 0) is 31.7 Å². The van der Waals surface area contributed by atoms with Crippen LogP contribution in [-0.2, 0) is 14.8 Å². The summed E-state index contributed by atoms with van der Waals surface area (Å²) in [5, 5.41) is 17.2. The maximum atomic E-state index is 12.6. The van der Waals surface area contributed by atoms with Crippen LogP contribution in [0.1, 0.15) is 25.7 Å². The highest BCUT2D eigenvalue weighted by atomic mass is 32.2. The molecule has 2 N–H and O–H groups in total. The summed E-state index contributed by atoms with van der Waals surface area (Å²) in [4.78, 5) is 22.2. The van der Waals surface area contributed by atoms with Gasteiger partial charge in [0.15, 0.2) is 0 Å². The fourth-order valence-electron chi connectivity index (χ4n) is 3.67. The zero-order chi connectivity index (χ0) is 18.9. The number of carbonyl (C=O) groups is 1. The van der Waals surface area contributed by atoms with Crippen LogP contribution in [0.15, 0.2) is 29.2 Å². The van der Waals surface area contributed by atoms with Crippen molar-refractivity contribution in [2.75, 3.05) is 13.6 Å². The molecule has 0 spiro atoms. The highest BCUT2D eigenvalue weighted by Crippen LogP contribution is 2.26. The Hall–Kier alpha value is -2.04. The molecule has 10 heteroatoms. The van der Waals surface area contributed by atoms with Crippen molar-refractivity contribution >= 4 is 21.6 Å². The molecule has 0 saturated carbocycles. The predicted octanol–water partition coefficient (Wildman–Crippen LogP) is 0.615. The fraction of sp³-hybridized carbons (Fsp3) is 0.562. The lowest BCUT2D eigenvalue weighted by molar-refractivity contribution is -0.385. The van der Waals surface area contributed by atoms with Crippen molar-refractivity contribution in [2.45, 2.75) is 48.7 Å². The van der Waals surface area contributed by atoms with Gasteiger partial charge in [-0.3, -0.25) is 14.9 Å². The Labute approximate surface area is 152 Å². The smallest absolute Gasteiger partial charge is 0.270 e. The van der Waals surface area contributed by atoms with Crippen LogP contribution in [0.25, 0.3) is 0 Å². The van der Waals surface area contributed by atoms with E-state index in [0.29, 0.717) is 12.1 Å². The molecular formula is C16H22N4O5S. The molecule has 0 radical (unpaired) electrons. The molecule has 2 aliphatic rings. The molecule has 1 aromatic rings. The highest BCUT2D eigenvalue weighted by molar-refractivity contribution is 7.89. The minimum atomic E-state index is -3.98. The first-order valence-electron chi connectivity index (χ1n) is 8.52. The Morgan fingerprint density at radius 2 is 2.00 bits per heavy atom. The monoisotopic (exact) mass is 382 g/mol. The summed E-state index contributed by atoms with van der Waals surface area (Å²) in [5.41, 5.74) is -0.311. The van der Waals surface area contributed by atoms with Crippen molar-refractivity contribution in [3.05, 3.63) is 34.4 Å². The molecule has 2 saturated heterocycles. The van der Waals surface area contributed by atoms with E-state index in [4.69, 9.17) is 0 Å². The summed E-state index contributed by atoms with van der Waals surface area (Å²) in [6, 6.07) is 5.70. The van der Waals surface area contributed by atoms with Crippen LogP contribution in [0, 0.1) is 10.1 Å². The van der Waals surface area contributed by atoms with E-state index in [9.17, 15) is 23.3 Å². The lowest BCUT2D eigenvalue weighted by Gasteiger charge is -2.30. The van der Waals surface area contributed by atoms with Gasteiger partial charge in [-0.1, -0.05) is 6.07 Å². The SMILES string of the molecule is CN(CC(=O)NC1CC2CCC(C1)N2)S(=O)(=O)c1cccc([N+](=O)[O-])c1. The quantitative estimate of drug-likeness (QED) is 0.549. The first-order valence-corrected chi connectivity index (χ1v) is 9.96. The number of nitro groups is 1. The number of sulfonamides is 1. The number of non-ortho nitro benzene ring substituents is 1. The second-order valence-corrected chi connectivity index (χ2v) is 8.93. The van der Waals surface area contributed by atoms with Gasteiger partial charge in [0.25, 0.3) is 5.69 Å². The number of hydrogen-bond donors (Lipinski definition) is 2. The molecule has 2 unspecified atom stereocenters. The Bertz CT molecular complexity index is 801. The summed E-state index contributed by atoms with van der Waals surface area (Å²) in [7, 11) is -2.69. The van der Waals surface area contributed by atoms with E-state index < -0.39 is 14.9 Å². The van der Waals surface area contributed by atoms with Crippen LogP contribution in [0.5, 0.6) is 0 Å². The van der Waals surface area contributed by atoms with Crippen molar-refractivity contribution in [1.29, 1.82) is 0 Å². The molecule has 3 rings (SSSR count).